The molecular weight excluding hydrogens is 412 g/mol. The van der Waals surface area contributed by atoms with E-state index in [1.54, 1.807) is 0 Å². The van der Waals surface area contributed by atoms with Crippen molar-refractivity contribution in [2.75, 3.05) is 23.4 Å². The molecular formula is C24H29ClN4O2. The molecule has 3 saturated carbocycles. The van der Waals surface area contributed by atoms with E-state index in [1.807, 2.05) is 13.0 Å². The van der Waals surface area contributed by atoms with E-state index < -0.39 is 0 Å². The van der Waals surface area contributed by atoms with Crippen LogP contribution >= 0.6 is 11.6 Å². The summed E-state index contributed by atoms with van der Waals surface area (Å²) in [6, 6.07) is 10.6. The molecule has 2 aromatic rings. The number of benzene rings is 1. The number of anilines is 2. The number of carbonyl (C=O) groups is 1. The van der Waals surface area contributed by atoms with E-state index in [-0.39, 0.29) is 23.2 Å². The maximum absolute atomic E-state index is 12.8. The van der Waals surface area contributed by atoms with Gasteiger partial charge in [0.1, 0.15) is 11.6 Å². The fraction of sp³-hybridized carbons (Fsp3) is 0.542. The lowest BCUT2D eigenvalue weighted by atomic mass is 9.61. The Morgan fingerprint density at radius 1 is 1.16 bits per heavy atom. The number of hydrogen-bond donors (Lipinski definition) is 1. The van der Waals surface area contributed by atoms with Crippen LogP contribution in [0.4, 0.5) is 11.6 Å². The van der Waals surface area contributed by atoms with E-state index in [9.17, 15) is 4.79 Å². The van der Waals surface area contributed by atoms with Crippen LogP contribution in [0.3, 0.4) is 0 Å². The van der Waals surface area contributed by atoms with Crippen molar-refractivity contribution >= 4 is 29.2 Å². The van der Waals surface area contributed by atoms with Gasteiger partial charge in [0.25, 0.3) is 0 Å². The smallest absolute Gasteiger partial charge is 0.311 e. The Balaban J connectivity index is 1.38. The van der Waals surface area contributed by atoms with Gasteiger partial charge in [-0.2, -0.15) is 0 Å². The van der Waals surface area contributed by atoms with Gasteiger partial charge in [-0.15, -0.1) is 0 Å². The largest absolute Gasteiger partial charge is 0.466 e. The third-order valence-corrected chi connectivity index (χ3v) is 7.40. The molecule has 2 atom stereocenters. The predicted molar refractivity (Wildman–Crippen MR) is 121 cm³/mol. The minimum atomic E-state index is -0.119. The highest BCUT2D eigenvalue weighted by atomic mass is 35.5. The zero-order valence-electron chi connectivity index (χ0n) is 17.9. The summed E-state index contributed by atoms with van der Waals surface area (Å²) in [5.41, 5.74) is 2.72. The Morgan fingerprint density at radius 2 is 1.90 bits per heavy atom. The Bertz CT molecular complexity index is 960. The molecule has 31 heavy (non-hydrogen) atoms. The molecule has 3 fully saturated rings. The van der Waals surface area contributed by atoms with E-state index in [4.69, 9.17) is 16.3 Å². The molecule has 1 aliphatic heterocycles. The fourth-order valence-electron chi connectivity index (χ4n) is 5.74. The summed E-state index contributed by atoms with van der Waals surface area (Å²) in [5, 5.41) is 3.81. The third kappa shape index (κ3) is 4.10. The molecule has 3 aliphatic carbocycles. The van der Waals surface area contributed by atoms with Gasteiger partial charge < -0.3 is 15.0 Å². The number of hydrogen-bond acceptors (Lipinski definition) is 6. The first-order valence-corrected chi connectivity index (χ1v) is 11.8. The van der Waals surface area contributed by atoms with E-state index >= 15 is 0 Å². The predicted octanol–water partition coefficient (Wildman–Crippen LogP) is 4.47. The number of carbonyl (C=O) groups excluding carboxylic acids is 1. The van der Waals surface area contributed by atoms with Crippen molar-refractivity contribution < 1.29 is 9.53 Å². The van der Waals surface area contributed by atoms with Crippen LogP contribution in [-0.2, 0) is 22.5 Å². The topological polar surface area (TPSA) is 67.3 Å². The van der Waals surface area contributed by atoms with Gasteiger partial charge in [0.05, 0.1) is 12.5 Å². The molecule has 2 heterocycles. The lowest BCUT2D eigenvalue weighted by Gasteiger charge is -2.47. The summed E-state index contributed by atoms with van der Waals surface area (Å²) in [5.74, 6) is 2.16. The molecule has 1 aromatic carbocycles. The third-order valence-electron chi connectivity index (χ3n) is 7.23. The molecule has 6 rings (SSSR count). The Labute approximate surface area is 188 Å². The second-order valence-corrected chi connectivity index (χ2v) is 9.28. The van der Waals surface area contributed by atoms with Crippen molar-refractivity contribution in [3.05, 3.63) is 46.7 Å². The molecule has 0 amide bonds. The summed E-state index contributed by atoms with van der Waals surface area (Å²) < 4.78 is 5.43. The number of nitrogens with zero attached hydrogens (tertiary/aromatic N) is 3. The normalized spacial score (nSPS) is 27.0. The number of aromatic nitrogens is 2. The van der Waals surface area contributed by atoms with Crippen LogP contribution in [0.15, 0.2) is 30.3 Å². The number of nitrogens with one attached hydrogen (secondary N) is 1. The van der Waals surface area contributed by atoms with Crippen molar-refractivity contribution in [3.63, 3.8) is 0 Å². The summed E-state index contributed by atoms with van der Waals surface area (Å²) in [4.78, 5) is 24.0. The van der Waals surface area contributed by atoms with Crippen molar-refractivity contribution in [2.45, 2.75) is 51.6 Å². The Morgan fingerprint density at radius 3 is 2.68 bits per heavy atom. The van der Waals surface area contributed by atoms with Crippen LogP contribution in [0.1, 0.15) is 43.7 Å². The molecule has 0 radical (unpaired) electrons. The maximum Gasteiger partial charge on any atom is 0.311 e. The maximum atomic E-state index is 12.8. The molecule has 0 unspecified atom stereocenters. The van der Waals surface area contributed by atoms with E-state index in [0.717, 1.165) is 51.0 Å². The van der Waals surface area contributed by atoms with Crippen molar-refractivity contribution in [2.24, 2.45) is 17.8 Å². The van der Waals surface area contributed by atoms with Gasteiger partial charge >= 0.3 is 5.97 Å². The van der Waals surface area contributed by atoms with Crippen molar-refractivity contribution in [1.82, 2.24) is 9.97 Å². The van der Waals surface area contributed by atoms with Crippen molar-refractivity contribution in [1.29, 1.82) is 0 Å². The summed E-state index contributed by atoms with van der Waals surface area (Å²) in [7, 11) is 0. The average molecular weight is 441 g/mol. The monoisotopic (exact) mass is 440 g/mol. The summed E-state index contributed by atoms with van der Waals surface area (Å²) >= 11 is 6.33. The summed E-state index contributed by atoms with van der Waals surface area (Å²) in [6.07, 6.45) is 5.49. The second kappa shape index (κ2) is 8.65. The first-order valence-electron chi connectivity index (χ1n) is 11.4. The van der Waals surface area contributed by atoms with E-state index in [1.165, 1.54) is 11.1 Å². The molecule has 2 bridgehead atoms. The minimum absolute atomic E-state index is 0.0347. The fourth-order valence-corrected chi connectivity index (χ4v) is 5.92. The highest BCUT2D eigenvalue weighted by molar-refractivity contribution is 6.28. The number of fused-ring (bicyclic) bond motifs is 4. The standard InChI is InChI=1S/C24H29ClN4O2/c1-2-31-23(30)21-16-7-9-17(10-8-16)22(21)26-19-13-20(28-24(25)27-19)29-12-11-15-5-3-4-6-18(15)14-29/h3-6,13,16-17,21-22H,2,7-12,14H2,1H3,(H,26,27,28)/t16?,17?,21-,22-/m1/s1. The van der Waals surface area contributed by atoms with Crippen LogP contribution in [0.25, 0.3) is 0 Å². The molecule has 0 spiro atoms. The first-order chi connectivity index (χ1) is 15.1. The van der Waals surface area contributed by atoms with Gasteiger partial charge in [-0.05, 0) is 73.6 Å². The number of halogens is 1. The molecule has 164 valence electrons. The molecule has 1 aromatic heterocycles. The summed E-state index contributed by atoms with van der Waals surface area (Å²) in [6.45, 7) is 3.99. The molecule has 0 saturated heterocycles. The van der Waals surface area contributed by atoms with Gasteiger partial charge in [0.2, 0.25) is 5.28 Å². The second-order valence-electron chi connectivity index (χ2n) is 8.94. The van der Waals surface area contributed by atoms with Gasteiger partial charge in [-0.3, -0.25) is 4.79 Å². The quantitative estimate of drug-likeness (QED) is 0.546. The molecule has 6 nitrogen and oxygen atoms in total. The van der Waals surface area contributed by atoms with Crippen molar-refractivity contribution in [3.8, 4) is 0 Å². The van der Waals surface area contributed by atoms with Crippen LogP contribution in [0, 0.1) is 17.8 Å². The zero-order chi connectivity index (χ0) is 21.4. The number of rotatable bonds is 5. The minimum Gasteiger partial charge on any atom is -0.466 e. The van der Waals surface area contributed by atoms with E-state index in [2.05, 4.69) is 44.5 Å². The SMILES string of the molecule is CCOC(=O)[C@@H]1C2CCC(CC2)[C@H]1Nc1cc(N2CCc3ccccc3C2)nc(Cl)n1. The van der Waals surface area contributed by atoms with Gasteiger partial charge in [0, 0.05) is 25.2 Å². The lowest BCUT2D eigenvalue weighted by molar-refractivity contribution is -0.154. The number of ether oxygens (including phenoxy) is 1. The first kappa shape index (κ1) is 20.6. The van der Waals surface area contributed by atoms with Crippen LogP contribution in [0.2, 0.25) is 5.28 Å². The Kier molecular flexibility index (Phi) is 5.74. The van der Waals surface area contributed by atoms with E-state index in [0.29, 0.717) is 24.3 Å². The Hall–Kier alpha value is -2.34. The molecule has 4 aliphatic rings. The average Bonchev–Trinajstić information content (AvgIpc) is 2.79. The van der Waals surface area contributed by atoms with Gasteiger partial charge in [0.15, 0.2) is 0 Å². The van der Waals surface area contributed by atoms with Crippen LogP contribution < -0.4 is 10.2 Å². The lowest BCUT2D eigenvalue weighted by Crippen LogP contribution is -2.52. The van der Waals surface area contributed by atoms with Crippen LogP contribution in [0.5, 0.6) is 0 Å². The highest BCUT2D eigenvalue weighted by Gasteiger charge is 2.48. The van der Waals surface area contributed by atoms with Crippen LogP contribution in [-0.4, -0.2) is 35.1 Å². The van der Waals surface area contributed by atoms with Gasteiger partial charge in [-0.1, -0.05) is 24.3 Å². The molecule has 1 N–H and O–H groups in total. The molecule has 7 heteroatoms. The highest BCUT2D eigenvalue weighted by Crippen LogP contribution is 2.46. The van der Waals surface area contributed by atoms with Gasteiger partial charge in [-0.25, -0.2) is 9.97 Å². The number of esters is 1. The zero-order valence-corrected chi connectivity index (χ0v) is 18.6.